The van der Waals surface area contributed by atoms with Crippen LogP contribution in [0.3, 0.4) is 0 Å². The Labute approximate surface area is 122 Å². The molecule has 21 heavy (non-hydrogen) atoms. The molecule has 0 bridgehead atoms. The van der Waals surface area contributed by atoms with Gasteiger partial charge in [-0.2, -0.15) is 0 Å². The monoisotopic (exact) mass is 293 g/mol. The number of fused-ring (bicyclic) bond motifs is 1. The second-order valence-electron chi connectivity index (χ2n) is 5.94. The topological polar surface area (TPSA) is 91.0 Å². The van der Waals surface area contributed by atoms with Crippen molar-refractivity contribution < 1.29 is 24.2 Å². The van der Waals surface area contributed by atoms with E-state index in [0.717, 1.165) is 6.42 Å². The Morgan fingerprint density at radius 2 is 2.19 bits per heavy atom. The molecule has 2 heterocycles. The minimum absolute atomic E-state index is 0.0530. The van der Waals surface area contributed by atoms with E-state index in [9.17, 15) is 19.8 Å². The number of Topliss-reactive ketones (excluding diaryl/α,β-unsaturated/α-hetero) is 1. The van der Waals surface area contributed by atoms with E-state index in [-0.39, 0.29) is 30.4 Å². The Hall–Kier alpha value is -1.66. The van der Waals surface area contributed by atoms with E-state index in [1.54, 1.807) is 0 Å². The van der Waals surface area contributed by atoms with Crippen molar-refractivity contribution in [3.05, 3.63) is 23.2 Å². The zero-order valence-electron chi connectivity index (χ0n) is 11.8. The number of aryl methyl sites for hydroxylation is 1. The number of amides is 1. The molecule has 2 aliphatic rings. The van der Waals surface area contributed by atoms with Crippen LogP contribution in [0.5, 0.6) is 0 Å². The zero-order chi connectivity index (χ0) is 15.0. The molecule has 0 saturated carbocycles. The fourth-order valence-electron chi connectivity index (χ4n) is 3.16. The van der Waals surface area contributed by atoms with Crippen LogP contribution in [0.25, 0.3) is 0 Å². The van der Waals surface area contributed by atoms with E-state index in [0.29, 0.717) is 43.6 Å². The van der Waals surface area contributed by atoms with Gasteiger partial charge in [0.15, 0.2) is 5.78 Å². The summed E-state index contributed by atoms with van der Waals surface area (Å²) < 4.78 is 5.37. The highest BCUT2D eigenvalue weighted by Crippen LogP contribution is 2.29. The lowest BCUT2D eigenvalue weighted by molar-refractivity contribution is -0.0598. The number of furan rings is 1. The molecule has 1 atom stereocenters. The lowest BCUT2D eigenvalue weighted by Crippen LogP contribution is -2.52. The Kier molecular flexibility index (Phi) is 3.59. The summed E-state index contributed by atoms with van der Waals surface area (Å²) in [6.45, 7) is 0.213. The molecule has 0 radical (unpaired) electrons. The average Bonchev–Trinajstić information content (AvgIpc) is 2.92. The largest absolute Gasteiger partial charge is 0.468 e. The lowest BCUT2D eigenvalue weighted by atomic mass is 9.91. The maximum Gasteiger partial charge on any atom is 0.257 e. The first-order chi connectivity index (χ1) is 10.0. The third kappa shape index (κ3) is 2.49. The number of aliphatic hydroxyl groups is 2. The van der Waals surface area contributed by atoms with Gasteiger partial charge in [-0.05, 0) is 19.3 Å². The highest BCUT2D eigenvalue weighted by molar-refractivity contribution is 6.09. The van der Waals surface area contributed by atoms with E-state index >= 15 is 0 Å². The fraction of sp³-hybridized carbons (Fsp3) is 0.600. The van der Waals surface area contributed by atoms with Crippen molar-refractivity contribution in [1.29, 1.82) is 0 Å². The van der Waals surface area contributed by atoms with Crippen molar-refractivity contribution in [3.8, 4) is 0 Å². The number of piperidine rings is 1. The number of rotatable bonds is 2. The number of carbonyl (C=O) groups is 2. The first kappa shape index (κ1) is 14.3. The predicted octanol–water partition coefficient (Wildman–Crippen LogP) is 0.758. The maximum atomic E-state index is 12.6. The molecule has 1 amide bonds. The highest BCUT2D eigenvalue weighted by Gasteiger charge is 2.37. The minimum atomic E-state index is -1.25. The van der Waals surface area contributed by atoms with Crippen LogP contribution in [0, 0.1) is 0 Å². The number of carbonyl (C=O) groups excluding carboxylic acids is 2. The summed E-state index contributed by atoms with van der Waals surface area (Å²) in [7, 11) is 0. The number of hydrogen-bond acceptors (Lipinski definition) is 5. The molecule has 0 aromatic carbocycles. The molecule has 0 spiro atoms. The molecule has 1 aliphatic carbocycles. The molecule has 1 aliphatic heterocycles. The zero-order valence-corrected chi connectivity index (χ0v) is 11.8. The van der Waals surface area contributed by atoms with Gasteiger partial charge in [-0.15, -0.1) is 0 Å². The van der Waals surface area contributed by atoms with Crippen molar-refractivity contribution in [1.82, 2.24) is 4.90 Å². The van der Waals surface area contributed by atoms with Gasteiger partial charge in [0.05, 0.1) is 24.3 Å². The van der Waals surface area contributed by atoms with Crippen molar-refractivity contribution in [2.24, 2.45) is 0 Å². The third-order valence-electron chi connectivity index (χ3n) is 4.32. The van der Waals surface area contributed by atoms with Crippen LogP contribution in [0.15, 0.2) is 10.7 Å². The van der Waals surface area contributed by atoms with Crippen LogP contribution in [0.2, 0.25) is 0 Å². The van der Waals surface area contributed by atoms with Crippen molar-refractivity contribution in [2.75, 3.05) is 19.7 Å². The summed E-state index contributed by atoms with van der Waals surface area (Å²) >= 11 is 0. The first-order valence-corrected chi connectivity index (χ1v) is 7.30. The van der Waals surface area contributed by atoms with Gasteiger partial charge in [-0.3, -0.25) is 9.59 Å². The Morgan fingerprint density at radius 1 is 1.38 bits per heavy atom. The van der Waals surface area contributed by atoms with Gasteiger partial charge in [0.1, 0.15) is 17.6 Å². The quantitative estimate of drug-likeness (QED) is 0.840. The van der Waals surface area contributed by atoms with Gasteiger partial charge in [-0.1, -0.05) is 0 Å². The van der Waals surface area contributed by atoms with Crippen LogP contribution in [-0.2, 0) is 6.42 Å². The molecule has 1 aromatic heterocycles. The molecule has 2 N–H and O–H groups in total. The summed E-state index contributed by atoms with van der Waals surface area (Å²) in [5, 5.41) is 19.4. The SMILES string of the molecule is O=C1CCCc2occ(C(=O)N3CCC[C@](O)(CO)C3)c21. The summed E-state index contributed by atoms with van der Waals surface area (Å²) in [5.41, 5.74) is -0.553. The Balaban J connectivity index is 1.86. The third-order valence-corrected chi connectivity index (χ3v) is 4.32. The smallest absolute Gasteiger partial charge is 0.257 e. The fourth-order valence-corrected chi connectivity index (χ4v) is 3.16. The molecule has 1 aromatic rings. The van der Waals surface area contributed by atoms with Gasteiger partial charge in [0.2, 0.25) is 0 Å². The normalized spacial score (nSPS) is 25.8. The van der Waals surface area contributed by atoms with E-state index in [4.69, 9.17) is 4.42 Å². The average molecular weight is 293 g/mol. The number of likely N-dealkylation sites (tertiary alicyclic amines) is 1. The molecule has 1 saturated heterocycles. The van der Waals surface area contributed by atoms with Crippen LogP contribution in [-0.4, -0.2) is 52.1 Å². The number of β-amino-alcohol motifs (C(OH)–C–C–N with tert-alkyl or cyclic N) is 1. The Bertz CT molecular complexity index is 579. The van der Waals surface area contributed by atoms with Gasteiger partial charge in [0.25, 0.3) is 5.91 Å². The molecular formula is C15H19NO5. The molecule has 6 nitrogen and oxygen atoms in total. The van der Waals surface area contributed by atoms with Crippen LogP contribution in [0.1, 0.15) is 52.2 Å². The summed E-state index contributed by atoms with van der Waals surface area (Å²) in [6.07, 6.45) is 4.30. The van der Waals surface area contributed by atoms with Crippen LogP contribution in [0.4, 0.5) is 0 Å². The second kappa shape index (κ2) is 5.27. The highest BCUT2D eigenvalue weighted by atomic mass is 16.3. The summed E-state index contributed by atoms with van der Waals surface area (Å²) in [4.78, 5) is 26.1. The lowest BCUT2D eigenvalue weighted by Gasteiger charge is -2.38. The molecule has 0 unspecified atom stereocenters. The first-order valence-electron chi connectivity index (χ1n) is 7.30. The van der Waals surface area contributed by atoms with E-state index in [1.165, 1.54) is 11.2 Å². The molecular weight excluding hydrogens is 274 g/mol. The van der Waals surface area contributed by atoms with E-state index in [2.05, 4.69) is 0 Å². The van der Waals surface area contributed by atoms with Crippen LogP contribution < -0.4 is 0 Å². The number of hydrogen-bond donors (Lipinski definition) is 2. The number of aliphatic hydroxyl groups excluding tert-OH is 1. The molecule has 114 valence electrons. The standard InChI is InChI=1S/C15H19NO5/c17-9-15(20)5-2-6-16(8-15)14(19)10-7-21-12-4-1-3-11(18)13(10)12/h7,17,20H,1-6,8-9H2/t15-/m1/s1. The summed E-state index contributed by atoms with van der Waals surface area (Å²) in [6, 6.07) is 0. The number of ketones is 1. The van der Waals surface area contributed by atoms with E-state index < -0.39 is 5.60 Å². The number of nitrogens with zero attached hydrogens (tertiary/aromatic N) is 1. The van der Waals surface area contributed by atoms with Gasteiger partial charge in [-0.25, -0.2) is 0 Å². The molecule has 3 rings (SSSR count). The molecule has 6 heteroatoms. The maximum absolute atomic E-state index is 12.6. The van der Waals surface area contributed by atoms with Gasteiger partial charge in [0, 0.05) is 19.4 Å². The van der Waals surface area contributed by atoms with Crippen molar-refractivity contribution >= 4 is 11.7 Å². The van der Waals surface area contributed by atoms with Crippen LogP contribution >= 0.6 is 0 Å². The van der Waals surface area contributed by atoms with E-state index in [1.807, 2.05) is 0 Å². The molecule has 1 fully saturated rings. The summed E-state index contributed by atoms with van der Waals surface area (Å²) in [5.74, 6) is 0.230. The second-order valence-corrected chi connectivity index (χ2v) is 5.94. The van der Waals surface area contributed by atoms with Gasteiger partial charge < -0.3 is 19.5 Å². The van der Waals surface area contributed by atoms with Gasteiger partial charge >= 0.3 is 0 Å². The van der Waals surface area contributed by atoms with Crippen molar-refractivity contribution in [2.45, 2.75) is 37.7 Å². The van der Waals surface area contributed by atoms with Crippen molar-refractivity contribution in [3.63, 3.8) is 0 Å². The minimum Gasteiger partial charge on any atom is -0.468 e. The predicted molar refractivity (Wildman–Crippen MR) is 73.1 cm³/mol. The Morgan fingerprint density at radius 3 is 2.95 bits per heavy atom.